The third-order valence-electron chi connectivity index (χ3n) is 4.84. The predicted molar refractivity (Wildman–Crippen MR) is 119 cm³/mol. The van der Waals surface area contributed by atoms with Gasteiger partial charge in [0.2, 0.25) is 0 Å². The number of aromatic hydroxyl groups is 1. The van der Waals surface area contributed by atoms with Crippen molar-refractivity contribution in [1.82, 2.24) is 0 Å². The highest BCUT2D eigenvalue weighted by atomic mass is 35.5. The number of hydrogen-bond acceptors (Lipinski definition) is 4. The number of benzene rings is 3. The van der Waals surface area contributed by atoms with Gasteiger partial charge in [0.15, 0.2) is 0 Å². The number of amides is 1. The summed E-state index contributed by atoms with van der Waals surface area (Å²) in [7, 11) is 0. The molecule has 0 saturated heterocycles. The zero-order chi connectivity index (χ0) is 21.6. The van der Waals surface area contributed by atoms with Crippen molar-refractivity contribution in [2.75, 3.05) is 18.5 Å². The maximum atomic E-state index is 12.0. The van der Waals surface area contributed by atoms with Crippen molar-refractivity contribution < 1.29 is 19.4 Å². The molecule has 156 valence electrons. The van der Waals surface area contributed by atoms with E-state index in [1.807, 2.05) is 36.4 Å². The Hall–Kier alpha value is -3.18. The monoisotopic (exact) mass is 425 g/mol. The van der Waals surface area contributed by atoms with Gasteiger partial charge in [-0.05, 0) is 59.7 Å². The Morgan fingerprint density at radius 1 is 0.900 bits per heavy atom. The van der Waals surface area contributed by atoms with Crippen LogP contribution in [0.25, 0.3) is 0 Å². The summed E-state index contributed by atoms with van der Waals surface area (Å²) in [6, 6.07) is 21.8. The Bertz CT molecular complexity index is 968. The zero-order valence-corrected chi connectivity index (χ0v) is 17.6. The first kappa shape index (κ1) is 21.5. The summed E-state index contributed by atoms with van der Waals surface area (Å²) in [6.07, 6.45) is -0.541. The standard InChI is InChI=1S/C24H24ClNO4/c1-24(2,18-5-11-21(27)12-6-18)17-3-9-20(10-4-17)26-23(28)30-16-15-29-22-13-7-19(25)8-14-22/h3-14,27H,15-16H2,1-2H3,(H,26,28). The third kappa shape index (κ3) is 5.67. The van der Waals surface area contributed by atoms with Crippen LogP contribution < -0.4 is 10.1 Å². The lowest BCUT2D eigenvalue weighted by atomic mass is 9.78. The lowest BCUT2D eigenvalue weighted by Crippen LogP contribution is -2.19. The van der Waals surface area contributed by atoms with Crippen LogP contribution in [0.1, 0.15) is 25.0 Å². The van der Waals surface area contributed by atoms with Gasteiger partial charge in [-0.15, -0.1) is 0 Å². The summed E-state index contributed by atoms with van der Waals surface area (Å²) >= 11 is 5.82. The summed E-state index contributed by atoms with van der Waals surface area (Å²) in [6.45, 7) is 4.59. The van der Waals surface area contributed by atoms with Crippen molar-refractivity contribution in [3.05, 3.63) is 88.9 Å². The lowest BCUT2D eigenvalue weighted by molar-refractivity contribution is 0.138. The van der Waals surface area contributed by atoms with Crippen LogP contribution >= 0.6 is 11.6 Å². The van der Waals surface area contributed by atoms with E-state index in [1.165, 1.54) is 0 Å². The molecule has 0 aliphatic carbocycles. The average Bonchev–Trinajstić information content (AvgIpc) is 2.73. The molecular weight excluding hydrogens is 402 g/mol. The van der Waals surface area contributed by atoms with Crippen molar-refractivity contribution in [3.8, 4) is 11.5 Å². The van der Waals surface area contributed by atoms with Crippen LogP contribution in [-0.4, -0.2) is 24.4 Å². The maximum Gasteiger partial charge on any atom is 0.411 e. The Morgan fingerprint density at radius 2 is 1.47 bits per heavy atom. The number of phenols is 1. The molecule has 3 aromatic rings. The number of hydrogen-bond donors (Lipinski definition) is 2. The molecule has 2 N–H and O–H groups in total. The van der Waals surface area contributed by atoms with E-state index < -0.39 is 6.09 Å². The van der Waals surface area contributed by atoms with Gasteiger partial charge in [0.1, 0.15) is 24.7 Å². The number of anilines is 1. The van der Waals surface area contributed by atoms with Crippen LogP contribution in [0.5, 0.6) is 11.5 Å². The molecule has 6 heteroatoms. The van der Waals surface area contributed by atoms with Crippen LogP contribution in [0.3, 0.4) is 0 Å². The van der Waals surface area contributed by atoms with Crippen LogP contribution in [0.2, 0.25) is 5.02 Å². The molecule has 1 amide bonds. The Labute approximate surface area is 181 Å². The molecule has 0 saturated carbocycles. The van der Waals surface area contributed by atoms with E-state index in [9.17, 15) is 9.90 Å². The number of rotatable bonds is 7. The summed E-state index contributed by atoms with van der Waals surface area (Å²) in [5.74, 6) is 0.904. The number of carbonyl (C=O) groups excluding carboxylic acids is 1. The minimum atomic E-state index is -0.541. The minimum absolute atomic E-state index is 0.125. The highest BCUT2D eigenvalue weighted by Crippen LogP contribution is 2.32. The van der Waals surface area contributed by atoms with E-state index in [4.69, 9.17) is 21.1 Å². The van der Waals surface area contributed by atoms with Gasteiger partial charge in [-0.3, -0.25) is 5.32 Å². The van der Waals surface area contributed by atoms with Crippen LogP contribution in [0.15, 0.2) is 72.8 Å². The normalized spacial score (nSPS) is 11.0. The van der Waals surface area contributed by atoms with Gasteiger partial charge in [0.25, 0.3) is 0 Å². The molecule has 0 radical (unpaired) electrons. The number of halogens is 1. The molecule has 0 heterocycles. The molecule has 3 rings (SSSR count). The first-order chi connectivity index (χ1) is 14.3. The van der Waals surface area contributed by atoms with Crippen molar-refractivity contribution in [1.29, 1.82) is 0 Å². The molecule has 0 aliphatic rings. The summed E-state index contributed by atoms with van der Waals surface area (Å²) in [5, 5.41) is 12.8. The zero-order valence-electron chi connectivity index (χ0n) is 16.9. The Balaban J connectivity index is 1.49. The third-order valence-corrected chi connectivity index (χ3v) is 5.09. The molecule has 3 aromatic carbocycles. The summed E-state index contributed by atoms with van der Waals surface area (Å²) in [4.78, 5) is 12.0. The van der Waals surface area contributed by atoms with Gasteiger partial charge in [-0.25, -0.2) is 4.79 Å². The molecule has 5 nitrogen and oxygen atoms in total. The molecule has 0 fully saturated rings. The maximum absolute atomic E-state index is 12.0. The van der Waals surface area contributed by atoms with Gasteiger partial charge in [0.05, 0.1) is 0 Å². The second kappa shape index (κ2) is 9.55. The molecule has 0 atom stereocenters. The van der Waals surface area contributed by atoms with E-state index in [2.05, 4.69) is 19.2 Å². The van der Waals surface area contributed by atoms with Crippen molar-refractivity contribution in [3.63, 3.8) is 0 Å². The summed E-state index contributed by atoms with van der Waals surface area (Å²) < 4.78 is 10.6. The SMILES string of the molecule is CC(C)(c1ccc(O)cc1)c1ccc(NC(=O)OCCOc2ccc(Cl)cc2)cc1. The van der Waals surface area contributed by atoms with E-state index in [-0.39, 0.29) is 24.4 Å². The number of phenolic OH excluding ortho intramolecular Hbond substituents is 1. The van der Waals surface area contributed by atoms with Gasteiger partial charge in [-0.1, -0.05) is 49.7 Å². The van der Waals surface area contributed by atoms with Gasteiger partial charge < -0.3 is 14.6 Å². The number of ether oxygens (including phenoxy) is 2. The summed E-state index contributed by atoms with van der Waals surface area (Å²) in [5.41, 5.74) is 2.57. The molecule has 0 spiro atoms. The fourth-order valence-corrected chi connectivity index (χ4v) is 3.12. The molecule has 0 aromatic heterocycles. The largest absolute Gasteiger partial charge is 0.508 e. The van der Waals surface area contributed by atoms with Gasteiger partial charge in [0, 0.05) is 16.1 Å². The first-order valence-corrected chi connectivity index (χ1v) is 9.94. The second-order valence-electron chi connectivity index (χ2n) is 7.31. The molecule has 0 bridgehead atoms. The van der Waals surface area contributed by atoms with E-state index in [0.717, 1.165) is 11.1 Å². The number of carbonyl (C=O) groups is 1. The van der Waals surface area contributed by atoms with E-state index in [1.54, 1.807) is 36.4 Å². The van der Waals surface area contributed by atoms with Crippen molar-refractivity contribution in [2.24, 2.45) is 0 Å². The number of nitrogens with one attached hydrogen (secondary N) is 1. The van der Waals surface area contributed by atoms with Gasteiger partial charge in [-0.2, -0.15) is 0 Å². The molecule has 0 unspecified atom stereocenters. The average molecular weight is 426 g/mol. The van der Waals surface area contributed by atoms with E-state index >= 15 is 0 Å². The van der Waals surface area contributed by atoms with Crippen LogP contribution in [-0.2, 0) is 10.2 Å². The van der Waals surface area contributed by atoms with Crippen molar-refractivity contribution >= 4 is 23.4 Å². The highest BCUT2D eigenvalue weighted by molar-refractivity contribution is 6.30. The second-order valence-corrected chi connectivity index (χ2v) is 7.75. The fourth-order valence-electron chi connectivity index (χ4n) is 2.99. The Kier molecular flexibility index (Phi) is 6.85. The molecular formula is C24H24ClNO4. The smallest absolute Gasteiger partial charge is 0.411 e. The van der Waals surface area contributed by atoms with Crippen LogP contribution in [0.4, 0.5) is 10.5 Å². The minimum Gasteiger partial charge on any atom is -0.508 e. The predicted octanol–water partition coefficient (Wildman–Crippen LogP) is 6.00. The van der Waals surface area contributed by atoms with Crippen molar-refractivity contribution in [2.45, 2.75) is 19.3 Å². The van der Waals surface area contributed by atoms with Gasteiger partial charge >= 0.3 is 6.09 Å². The topological polar surface area (TPSA) is 67.8 Å². The quantitative estimate of drug-likeness (QED) is 0.455. The van der Waals surface area contributed by atoms with Crippen LogP contribution in [0, 0.1) is 0 Å². The lowest BCUT2D eigenvalue weighted by Gasteiger charge is -2.26. The van der Waals surface area contributed by atoms with E-state index in [0.29, 0.717) is 16.5 Å². The molecule has 30 heavy (non-hydrogen) atoms. The Morgan fingerprint density at radius 3 is 2.07 bits per heavy atom. The fraction of sp³-hybridized carbons (Fsp3) is 0.208. The molecule has 0 aliphatic heterocycles. The highest BCUT2D eigenvalue weighted by Gasteiger charge is 2.23. The first-order valence-electron chi connectivity index (χ1n) is 9.57.